The summed E-state index contributed by atoms with van der Waals surface area (Å²) in [6.45, 7) is 3.29. The molecule has 0 fully saturated rings. The maximum atomic E-state index is 11.6. The van der Waals surface area contributed by atoms with Crippen LogP contribution in [0.3, 0.4) is 0 Å². The fraction of sp³-hybridized carbons (Fsp3) is 0.381. The molecule has 0 bridgehead atoms. The van der Waals surface area contributed by atoms with E-state index in [4.69, 9.17) is 14.2 Å². The maximum absolute atomic E-state index is 11.6. The molecule has 134 valence electrons. The molecule has 0 radical (unpaired) electrons. The van der Waals surface area contributed by atoms with Crippen LogP contribution in [0.15, 0.2) is 48.5 Å². The van der Waals surface area contributed by atoms with Crippen molar-refractivity contribution in [3.8, 4) is 11.5 Å². The van der Waals surface area contributed by atoms with E-state index in [2.05, 4.69) is 6.92 Å². The second kappa shape index (κ2) is 10.4. The molecule has 0 atom stereocenters. The van der Waals surface area contributed by atoms with Crippen molar-refractivity contribution in [2.24, 2.45) is 0 Å². The van der Waals surface area contributed by atoms with Gasteiger partial charge in [-0.05, 0) is 18.1 Å². The van der Waals surface area contributed by atoms with Crippen molar-refractivity contribution < 1.29 is 19.0 Å². The van der Waals surface area contributed by atoms with Gasteiger partial charge in [0.05, 0.1) is 20.1 Å². The van der Waals surface area contributed by atoms with E-state index in [-0.39, 0.29) is 12.4 Å². The molecule has 0 spiro atoms. The van der Waals surface area contributed by atoms with E-state index >= 15 is 0 Å². The summed E-state index contributed by atoms with van der Waals surface area (Å²) in [4.78, 5) is 11.6. The molecule has 2 rings (SSSR count). The third-order valence-electron chi connectivity index (χ3n) is 3.85. The SMILES string of the molecule is CCCCCOc1ccc(CC(=O)OC)c(OCc2ccccc2)c1. The van der Waals surface area contributed by atoms with Crippen LogP contribution in [0.25, 0.3) is 0 Å². The number of hydrogen-bond donors (Lipinski definition) is 0. The Bertz CT molecular complexity index is 652. The van der Waals surface area contributed by atoms with Gasteiger partial charge < -0.3 is 14.2 Å². The van der Waals surface area contributed by atoms with Crippen LogP contribution in [0, 0.1) is 0 Å². The summed E-state index contributed by atoms with van der Waals surface area (Å²) in [5, 5.41) is 0. The van der Waals surface area contributed by atoms with Gasteiger partial charge in [0.15, 0.2) is 0 Å². The van der Waals surface area contributed by atoms with Gasteiger partial charge in [0.2, 0.25) is 0 Å². The highest BCUT2D eigenvalue weighted by molar-refractivity contribution is 5.73. The molecule has 0 aromatic heterocycles. The summed E-state index contributed by atoms with van der Waals surface area (Å²) < 4.78 is 16.5. The van der Waals surface area contributed by atoms with E-state index in [0.717, 1.165) is 36.1 Å². The molecule has 0 saturated heterocycles. The van der Waals surface area contributed by atoms with Gasteiger partial charge in [0, 0.05) is 11.6 Å². The van der Waals surface area contributed by atoms with Crippen LogP contribution < -0.4 is 9.47 Å². The highest BCUT2D eigenvalue weighted by Gasteiger charge is 2.11. The van der Waals surface area contributed by atoms with E-state index in [1.54, 1.807) is 0 Å². The van der Waals surface area contributed by atoms with E-state index in [0.29, 0.717) is 19.0 Å². The van der Waals surface area contributed by atoms with Crippen LogP contribution in [0.2, 0.25) is 0 Å². The van der Waals surface area contributed by atoms with Gasteiger partial charge in [-0.1, -0.05) is 56.2 Å². The number of carbonyl (C=O) groups excluding carboxylic acids is 1. The van der Waals surface area contributed by atoms with Gasteiger partial charge in [-0.2, -0.15) is 0 Å². The first-order valence-electron chi connectivity index (χ1n) is 8.72. The quantitative estimate of drug-likeness (QED) is 0.469. The maximum Gasteiger partial charge on any atom is 0.310 e. The summed E-state index contributed by atoms with van der Waals surface area (Å²) in [5.74, 6) is 1.12. The first-order chi connectivity index (χ1) is 12.2. The van der Waals surface area contributed by atoms with Crippen molar-refractivity contribution in [2.75, 3.05) is 13.7 Å². The molecule has 4 heteroatoms. The largest absolute Gasteiger partial charge is 0.493 e. The van der Waals surface area contributed by atoms with Gasteiger partial charge in [-0.15, -0.1) is 0 Å². The molecule has 0 aliphatic heterocycles. The number of methoxy groups -OCH3 is 1. The predicted molar refractivity (Wildman–Crippen MR) is 98.0 cm³/mol. The van der Waals surface area contributed by atoms with Crippen LogP contribution in [0.1, 0.15) is 37.3 Å². The molecule has 2 aromatic rings. The van der Waals surface area contributed by atoms with Crippen LogP contribution in [0.5, 0.6) is 11.5 Å². The molecular formula is C21H26O4. The normalized spacial score (nSPS) is 10.3. The van der Waals surface area contributed by atoms with E-state index in [1.165, 1.54) is 7.11 Å². The van der Waals surface area contributed by atoms with Gasteiger partial charge in [-0.25, -0.2) is 0 Å². The third-order valence-corrected chi connectivity index (χ3v) is 3.85. The summed E-state index contributed by atoms with van der Waals surface area (Å²) in [6.07, 6.45) is 3.52. The van der Waals surface area contributed by atoms with Gasteiger partial charge >= 0.3 is 5.97 Å². The van der Waals surface area contributed by atoms with E-state index in [1.807, 2.05) is 48.5 Å². The standard InChI is InChI=1S/C21H26O4/c1-3-4-8-13-24-19-12-11-18(14-21(22)23-2)20(15-19)25-16-17-9-6-5-7-10-17/h5-7,9-12,15H,3-4,8,13-14,16H2,1-2H3. The second-order valence-corrected chi connectivity index (χ2v) is 5.85. The molecule has 0 heterocycles. The number of hydrogen-bond acceptors (Lipinski definition) is 4. The summed E-state index contributed by atoms with van der Waals surface area (Å²) in [5.41, 5.74) is 1.87. The van der Waals surface area contributed by atoms with Crippen molar-refractivity contribution in [3.05, 3.63) is 59.7 Å². The smallest absolute Gasteiger partial charge is 0.310 e. The molecule has 0 unspecified atom stereocenters. The highest BCUT2D eigenvalue weighted by atomic mass is 16.5. The monoisotopic (exact) mass is 342 g/mol. The van der Waals surface area contributed by atoms with Crippen LogP contribution in [0.4, 0.5) is 0 Å². The van der Waals surface area contributed by atoms with Gasteiger partial charge in [0.1, 0.15) is 18.1 Å². The fourth-order valence-electron chi connectivity index (χ4n) is 2.41. The number of esters is 1. The zero-order valence-corrected chi connectivity index (χ0v) is 15.0. The van der Waals surface area contributed by atoms with E-state index in [9.17, 15) is 4.79 Å². The van der Waals surface area contributed by atoms with Crippen molar-refractivity contribution in [3.63, 3.8) is 0 Å². The molecule has 0 N–H and O–H groups in total. The first-order valence-corrected chi connectivity index (χ1v) is 8.72. The minimum absolute atomic E-state index is 0.177. The van der Waals surface area contributed by atoms with Crippen LogP contribution in [-0.4, -0.2) is 19.7 Å². The summed E-state index contributed by atoms with van der Waals surface area (Å²) in [7, 11) is 1.39. The zero-order valence-electron chi connectivity index (χ0n) is 15.0. The van der Waals surface area contributed by atoms with Crippen molar-refractivity contribution in [1.82, 2.24) is 0 Å². The zero-order chi connectivity index (χ0) is 17.9. The summed E-state index contributed by atoms with van der Waals surface area (Å²) in [6, 6.07) is 15.5. The lowest BCUT2D eigenvalue weighted by atomic mass is 10.1. The van der Waals surface area contributed by atoms with Crippen molar-refractivity contribution >= 4 is 5.97 Å². The van der Waals surface area contributed by atoms with Gasteiger partial charge in [0.25, 0.3) is 0 Å². The highest BCUT2D eigenvalue weighted by Crippen LogP contribution is 2.27. The van der Waals surface area contributed by atoms with Crippen molar-refractivity contribution in [2.45, 2.75) is 39.2 Å². The average Bonchev–Trinajstić information content (AvgIpc) is 2.65. The lowest BCUT2D eigenvalue weighted by molar-refractivity contribution is -0.139. The molecule has 0 aliphatic carbocycles. The lowest BCUT2D eigenvalue weighted by Crippen LogP contribution is -2.07. The number of rotatable bonds is 10. The Labute approximate surface area is 149 Å². The van der Waals surface area contributed by atoms with E-state index < -0.39 is 0 Å². The number of benzene rings is 2. The summed E-state index contributed by atoms with van der Waals surface area (Å²) >= 11 is 0. The Hall–Kier alpha value is -2.49. The molecule has 2 aromatic carbocycles. The van der Waals surface area contributed by atoms with Crippen molar-refractivity contribution in [1.29, 1.82) is 0 Å². The Morgan fingerprint density at radius 2 is 1.80 bits per heavy atom. The fourth-order valence-corrected chi connectivity index (χ4v) is 2.41. The molecule has 25 heavy (non-hydrogen) atoms. The number of ether oxygens (including phenoxy) is 3. The minimum Gasteiger partial charge on any atom is -0.493 e. The first kappa shape index (κ1) is 18.8. The van der Waals surface area contributed by atoms with Crippen LogP contribution in [-0.2, 0) is 22.6 Å². The Balaban J connectivity index is 2.08. The lowest BCUT2D eigenvalue weighted by Gasteiger charge is -2.14. The Kier molecular flexibility index (Phi) is 7.83. The Morgan fingerprint density at radius 1 is 1.00 bits per heavy atom. The van der Waals surface area contributed by atoms with Gasteiger partial charge in [-0.3, -0.25) is 4.79 Å². The molecule has 4 nitrogen and oxygen atoms in total. The number of carbonyl (C=O) groups is 1. The van der Waals surface area contributed by atoms with Crippen LogP contribution >= 0.6 is 0 Å². The molecule has 0 amide bonds. The minimum atomic E-state index is -0.291. The third kappa shape index (κ3) is 6.49. The predicted octanol–water partition coefficient (Wildman–Crippen LogP) is 4.55. The second-order valence-electron chi connectivity index (χ2n) is 5.85. The number of unbranched alkanes of at least 4 members (excludes halogenated alkanes) is 2. The molecule has 0 saturated carbocycles. The average molecular weight is 342 g/mol. The topological polar surface area (TPSA) is 44.8 Å². The molecule has 0 aliphatic rings. The molecular weight excluding hydrogens is 316 g/mol. The Morgan fingerprint density at radius 3 is 2.52 bits per heavy atom.